The second kappa shape index (κ2) is 7.70. The van der Waals surface area contributed by atoms with E-state index in [2.05, 4.69) is 41.1 Å². The number of fused-ring (bicyclic) bond motifs is 2. The van der Waals surface area contributed by atoms with Gasteiger partial charge in [0.05, 0.1) is 5.25 Å². The van der Waals surface area contributed by atoms with Gasteiger partial charge >= 0.3 is 0 Å². The molecule has 7 nitrogen and oxygen atoms in total. The first kappa shape index (κ1) is 20.6. The zero-order valence-electron chi connectivity index (χ0n) is 18.3. The van der Waals surface area contributed by atoms with E-state index in [1.54, 1.807) is 12.1 Å². The van der Waals surface area contributed by atoms with E-state index in [0.29, 0.717) is 22.6 Å². The number of likely N-dealkylation sites (N-methyl/N-ethyl adjacent to an activating group) is 1. The van der Waals surface area contributed by atoms with Gasteiger partial charge in [0.2, 0.25) is 12.7 Å². The molecule has 0 saturated heterocycles. The molecule has 2 aromatic carbocycles. The summed E-state index contributed by atoms with van der Waals surface area (Å²) in [7, 11) is 2.00. The molecule has 0 fully saturated rings. The number of aromatic nitrogens is 2. The van der Waals surface area contributed by atoms with Crippen molar-refractivity contribution in [1.82, 2.24) is 10.2 Å². The minimum absolute atomic E-state index is 0.000519. The summed E-state index contributed by atoms with van der Waals surface area (Å²) in [5, 5.41) is 8.20. The van der Waals surface area contributed by atoms with Crippen LogP contribution < -0.4 is 14.4 Å². The molecule has 0 spiro atoms. The van der Waals surface area contributed by atoms with Crippen molar-refractivity contribution in [2.24, 2.45) is 0 Å². The number of carbonyl (C=O) groups is 1. The summed E-state index contributed by atoms with van der Waals surface area (Å²) in [5.41, 5.74) is 3.81. The summed E-state index contributed by atoms with van der Waals surface area (Å²) >= 11 is 1.25. The highest BCUT2D eigenvalue weighted by molar-refractivity contribution is 8.00. The highest BCUT2D eigenvalue weighted by atomic mass is 32.2. The molecule has 3 aromatic rings. The van der Waals surface area contributed by atoms with Crippen LogP contribution in [0.2, 0.25) is 0 Å². The smallest absolute Gasteiger partial charge is 0.277 e. The quantitative estimate of drug-likeness (QED) is 0.405. The molecule has 1 atom stereocenters. The van der Waals surface area contributed by atoms with Crippen molar-refractivity contribution in [3.63, 3.8) is 0 Å². The minimum atomic E-state index is -0.375. The van der Waals surface area contributed by atoms with Crippen molar-refractivity contribution < 1.29 is 18.7 Å². The summed E-state index contributed by atoms with van der Waals surface area (Å²) in [6.45, 7) is 6.34. The molecule has 1 aromatic heterocycles. The van der Waals surface area contributed by atoms with Crippen molar-refractivity contribution >= 4 is 23.2 Å². The summed E-state index contributed by atoms with van der Waals surface area (Å²) in [6, 6.07) is 13.7. The molecule has 32 heavy (non-hydrogen) atoms. The van der Waals surface area contributed by atoms with Gasteiger partial charge in [-0.25, -0.2) is 0 Å². The number of carbonyl (C=O) groups excluding carboxylic acids is 1. The highest BCUT2D eigenvalue weighted by Crippen LogP contribution is 2.46. The Kier molecular flexibility index (Phi) is 4.97. The first-order chi connectivity index (χ1) is 15.3. The average molecular weight is 450 g/mol. The molecule has 0 bridgehead atoms. The van der Waals surface area contributed by atoms with Gasteiger partial charge in [-0.2, -0.15) is 0 Å². The third-order valence-electron chi connectivity index (χ3n) is 5.92. The number of ether oxygens (including phenoxy) is 2. The van der Waals surface area contributed by atoms with E-state index >= 15 is 0 Å². The summed E-state index contributed by atoms with van der Waals surface area (Å²) < 4.78 is 16.5. The fourth-order valence-corrected chi connectivity index (χ4v) is 4.83. The third kappa shape index (κ3) is 3.44. The Morgan fingerprint density at radius 2 is 1.94 bits per heavy atom. The average Bonchev–Trinajstić information content (AvgIpc) is 3.48. The number of hydrogen-bond acceptors (Lipinski definition) is 8. The largest absolute Gasteiger partial charge is 0.454 e. The molecule has 2 aliphatic heterocycles. The summed E-state index contributed by atoms with van der Waals surface area (Å²) in [5.74, 6) is 1.71. The minimum Gasteiger partial charge on any atom is -0.454 e. The number of thioether (sulfide) groups is 1. The molecule has 3 heterocycles. The lowest BCUT2D eigenvalue weighted by Gasteiger charge is -2.24. The van der Waals surface area contributed by atoms with E-state index in [1.165, 1.54) is 17.3 Å². The fourth-order valence-electron chi connectivity index (χ4n) is 4.12. The molecule has 0 aliphatic carbocycles. The van der Waals surface area contributed by atoms with Gasteiger partial charge in [0.1, 0.15) is 0 Å². The van der Waals surface area contributed by atoms with Crippen molar-refractivity contribution in [3.8, 4) is 23.0 Å². The first-order valence-electron chi connectivity index (χ1n) is 10.3. The van der Waals surface area contributed by atoms with Gasteiger partial charge < -0.3 is 18.8 Å². The van der Waals surface area contributed by atoms with E-state index in [4.69, 9.17) is 13.9 Å². The zero-order chi connectivity index (χ0) is 22.5. The van der Waals surface area contributed by atoms with Crippen LogP contribution in [0.25, 0.3) is 11.5 Å². The van der Waals surface area contributed by atoms with Crippen molar-refractivity contribution in [2.75, 3.05) is 18.7 Å². The summed E-state index contributed by atoms with van der Waals surface area (Å²) in [4.78, 5) is 15.1. The second-order valence-electron chi connectivity index (χ2n) is 8.33. The number of rotatable bonds is 5. The molecule has 5 rings (SSSR count). The number of allylic oxidation sites excluding steroid dienone is 2. The number of benzene rings is 2. The summed E-state index contributed by atoms with van der Waals surface area (Å²) in [6.07, 6.45) is 1.74. The maximum absolute atomic E-state index is 13.0. The van der Waals surface area contributed by atoms with Crippen molar-refractivity contribution in [3.05, 3.63) is 59.8 Å². The van der Waals surface area contributed by atoms with Crippen LogP contribution in [0.15, 0.2) is 63.9 Å². The van der Waals surface area contributed by atoms with Gasteiger partial charge in [-0.3, -0.25) is 4.79 Å². The van der Waals surface area contributed by atoms with Gasteiger partial charge in [-0.05, 0) is 36.8 Å². The molecule has 164 valence electrons. The van der Waals surface area contributed by atoms with Gasteiger partial charge in [0.15, 0.2) is 17.3 Å². The SMILES string of the molecule is CC(Sc1nnc(-c2ccc3c(c2)OCO3)o1)C(=O)/C=C1/N(C)c2ccccc2C1(C)C. The van der Waals surface area contributed by atoms with Crippen LogP contribution in [0.3, 0.4) is 0 Å². The lowest BCUT2D eigenvalue weighted by atomic mass is 9.83. The van der Waals surface area contributed by atoms with Crippen LogP contribution in [0, 0.1) is 0 Å². The number of anilines is 1. The monoisotopic (exact) mass is 449 g/mol. The maximum Gasteiger partial charge on any atom is 0.277 e. The Labute approximate surface area is 190 Å². The highest BCUT2D eigenvalue weighted by Gasteiger charge is 2.38. The lowest BCUT2D eigenvalue weighted by molar-refractivity contribution is -0.114. The maximum atomic E-state index is 13.0. The van der Waals surface area contributed by atoms with E-state index in [9.17, 15) is 4.79 Å². The molecule has 2 aliphatic rings. The van der Waals surface area contributed by atoms with E-state index < -0.39 is 0 Å². The number of para-hydroxylation sites is 1. The molecule has 1 unspecified atom stereocenters. The lowest BCUT2D eigenvalue weighted by Crippen LogP contribution is -2.25. The Morgan fingerprint density at radius 1 is 1.16 bits per heavy atom. The molecular formula is C24H23N3O4S. The fraction of sp³-hybridized carbons (Fsp3) is 0.292. The second-order valence-corrected chi connectivity index (χ2v) is 9.63. The van der Waals surface area contributed by atoms with Gasteiger partial charge in [0.25, 0.3) is 5.22 Å². The Hall–Kier alpha value is -3.26. The van der Waals surface area contributed by atoms with Crippen LogP contribution in [-0.2, 0) is 10.2 Å². The van der Waals surface area contributed by atoms with Crippen LogP contribution in [0.1, 0.15) is 26.3 Å². The molecule has 0 radical (unpaired) electrons. The number of ketones is 1. The van der Waals surface area contributed by atoms with Gasteiger partial charge in [-0.15, -0.1) is 10.2 Å². The Bertz CT molecular complexity index is 1230. The van der Waals surface area contributed by atoms with Gasteiger partial charge in [-0.1, -0.05) is 43.8 Å². The molecule has 0 saturated carbocycles. The molecule has 8 heteroatoms. The molecule has 0 amide bonds. The predicted octanol–water partition coefficient (Wildman–Crippen LogP) is 4.83. The standard InChI is InChI=1S/C24H23N3O4S/c1-14(18(28)12-21-24(2,3)16-7-5-6-8-17(16)27(21)4)32-23-26-25-22(31-23)15-9-10-19-20(11-15)30-13-29-19/h5-12,14H,13H2,1-4H3/b21-12+. The Morgan fingerprint density at radius 3 is 2.75 bits per heavy atom. The van der Waals surface area contributed by atoms with Crippen LogP contribution in [-0.4, -0.2) is 35.1 Å². The van der Waals surface area contributed by atoms with E-state index in [0.717, 1.165) is 16.9 Å². The first-order valence-corrected chi connectivity index (χ1v) is 11.2. The van der Waals surface area contributed by atoms with Gasteiger partial charge in [0, 0.05) is 35.5 Å². The zero-order valence-corrected chi connectivity index (χ0v) is 19.1. The topological polar surface area (TPSA) is 77.7 Å². The van der Waals surface area contributed by atoms with Crippen LogP contribution in [0.5, 0.6) is 11.5 Å². The molecule has 0 N–H and O–H groups in total. The third-order valence-corrected chi connectivity index (χ3v) is 6.88. The number of hydrogen-bond donors (Lipinski definition) is 0. The van der Waals surface area contributed by atoms with Crippen LogP contribution in [0.4, 0.5) is 5.69 Å². The normalized spacial score (nSPS) is 18.1. The van der Waals surface area contributed by atoms with E-state index in [1.807, 2.05) is 38.2 Å². The molecular weight excluding hydrogens is 426 g/mol. The van der Waals surface area contributed by atoms with Crippen LogP contribution >= 0.6 is 11.8 Å². The van der Waals surface area contributed by atoms with Crippen molar-refractivity contribution in [1.29, 1.82) is 0 Å². The van der Waals surface area contributed by atoms with Crippen molar-refractivity contribution in [2.45, 2.75) is 36.7 Å². The predicted molar refractivity (Wildman–Crippen MR) is 122 cm³/mol. The van der Waals surface area contributed by atoms with E-state index in [-0.39, 0.29) is 23.2 Å². The number of nitrogens with zero attached hydrogens (tertiary/aromatic N) is 3. The Balaban J connectivity index is 1.32.